The van der Waals surface area contributed by atoms with E-state index >= 15 is 0 Å². The second-order valence-electron chi connectivity index (χ2n) is 5.77. The first-order chi connectivity index (χ1) is 8.52. The molecule has 2 rings (SSSR count). The largest absolute Gasteiger partial charge is 0.296 e. The Hall–Kier alpha value is -0.670. The van der Waals surface area contributed by atoms with Gasteiger partial charge in [0.15, 0.2) is 5.78 Å². The summed E-state index contributed by atoms with van der Waals surface area (Å²) in [7, 11) is 0. The molecule has 1 aliphatic heterocycles. The normalized spacial score (nSPS) is 19.9. The first-order valence-electron chi connectivity index (χ1n) is 6.84. The zero-order valence-corrected chi connectivity index (χ0v) is 12.5. The van der Waals surface area contributed by atoms with E-state index in [4.69, 9.17) is 0 Å². The number of carbonyl (C=O) groups excluding carboxylic acids is 1. The maximum atomic E-state index is 12.1. The highest BCUT2D eigenvalue weighted by atomic mass is 32.1. The molecule has 1 saturated heterocycles. The van der Waals surface area contributed by atoms with Crippen LogP contribution in [0.15, 0.2) is 12.1 Å². The van der Waals surface area contributed by atoms with Gasteiger partial charge in [-0.1, -0.05) is 20.3 Å². The summed E-state index contributed by atoms with van der Waals surface area (Å²) in [6.45, 7) is 9.43. The van der Waals surface area contributed by atoms with Gasteiger partial charge in [-0.3, -0.25) is 9.69 Å². The molecule has 2 heterocycles. The molecule has 3 heteroatoms. The third-order valence-electron chi connectivity index (χ3n) is 4.30. The van der Waals surface area contributed by atoms with Gasteiger partial charge in [-0.15, -0.1) is 11.3 Å². The van der Waals surface area contributed by atoms with Crippen LogP contribution in [-0.4, -0.2) is 30.3 Å². The van der Waals surface area contributed by atoms with Crippen LogP contribution in [0.3, 0.4) is 0 Å². The molecule has 1 aliphatic rings. The lowest BCUT2D eigenvalue weighted by Gasteiger charge is -2.38. The molecular weight excluding hydrogens is 242 g/mol. The number of piperidine rings is 1. The fourth-order valence-corrected chi connectivity index (χ4v) is 3.27. The summed E-state index contributed by atoms with van der Waals surface area (Å²) in [5.41, 5.74) is 0.499. The minimum atomic E-state index is 0.285. The summed E-state index contributed by atoms with van der Waals surface area (Å²) in [6, 6.07) is 3.99. The maximum absolute atomic E-state index is 12.1. The van der Waals surface area contributed by atoms with Gasteiger partial charge in [0.1, 0.15) is 0 Å². The third-order valence-corrected chi connectivity index (χ3v) is 5.34. The van der Waals surface area contributed by atoms with Crippen molar-refractivity contribution in [2.24, 2.45) is 5.41 Å². The topological polar surface area (TPSA) is 20.3 Å². The van der Waals surface area contributed by atoms with Crippen LogP contribution in [0.4, 0.5) is 0 Å². The summed E-state index contributed by atoms with van der Waals surface area (Å²) in [5.74, 6) is 0.285. The standard InChI is InChI=1S/C15H23NOS/c1-4-15(3)7-9-16(10-8-15)11-13(17)14-6-5-12(2)18-14/h5-6H,4,7-11H2,1-3H3. The molecule has 0 saturated carbocycles. The predicted octanol–water partition coefficient (Wildman–Crippen LogP) is 3.75. The zero-order chi connectivity index (χ0) is 13.2. The number of nitrogens with zero attached hydrogens (tertiary/aromatic N) is 1. The van der Waals surface area contributed by atoms with Crippen LogP contribution >= 0.6 is 11.3 Å². The Labute approximate surface area is 114 Å². The van der Waals surface area contributed by atoms with Gasteiger partial charge in [-0.05, 0) is 50.4 Å². The van der Waals surface area contributed by atoms with E-state index in [1.807, 2.05) is 12.1 Å². The number of aryl methyl sites for hydroxylation is 1. The first-order valence-corrected chi connectivity index (χ1v) is 7.66. The van der Waals surface area contributed by atoms with Gasteiger partial charge in [0.05, 0.1) is 11.4 Å². The Morgan fingerprint density at radius 3 is 2.56 bits per heavy atom. The van der Waals surface area contributed by atoms with E-state index in [9.17, 15) is 4.79 Å². The molecule has 0 N–H and O–H groups in total. The molecule has 0 amide bonds. The fraction of sp³-hybridized carbons (Fsp3) is 0.667. The van der Waals surface area contributed by atoms with Crippen molar-refractivity contribution in [3.8, 4) is 0 Å². The number of ketones is 1. The van der Waals surface area contributed by atoms with Crippen LogP contribution in [0, 0.1) is 12.3 Å². The van der Waals surface area contributed by atoms with Gasteiger partial charge in [-0.2, -0.15) is 0 Å². The lowest BCUT2D eigenvalue weighted by atomic mass is 9.78. The highest BCUT2D eigenvalue weighted by molar-refractivity contribution is 7.14. The molecule has 0 bridgehead atoms. The second-order valence-corrected chi connectivity index (χ2v) is 7.06. The van der Waals surface area contributed by atoms with E-state index in [2.05, 4.69) is 25.7 Å². The van der Waals surface area contributed by atoms with Crippen LogP contribution in [0.25, 0.3) is 0 Å². The summed E-state index contributed by atoms with van der Waals surface area (Å²) in [5, 5.41) is 0. The van der Waals surface area contributed by atoms with Crippen LogP contribution in [0.2, 0.25) is 0 Å². The van der Waals surface area contributed by atoms with Crippen molar-refractivity contribution in [3.05, 3.63) is 21.9 Å². The SMILES string of the molecule is CCC1(C)CCN(CC(=O)c2ccc(C)s2)CC1. The Morgan fingerprint density at radius 1 is 1.39 bits per heavy atom. The molecule has 0 aliphatic carbocycles. The van der Waals surface area contributed by atoms with Crippen molar-refractivity contribution in [1.29, 1.82) is 0 Å². The molecule has 0 atom stereocenters. The summed E-state index contributed by atoms with van der Waals surface area (Å²) < 4.78 is 0. The molecule has 1 aromatic heterocycles. The first kappa shape index (κ1) is 13.8. The van der Waals surface area contributed by atoms with Crippen molar-refractivity contribution < 1.29 is 4.79 Å². The predicted molar refractivity (Wildman–Crippen MR) is 77.5 cm³/mol. The molecule has 1 aromatic rings. The van der Waals surface area contributed by atoms with Crippen LogP contribution in [-0.2, 0) is 0 Å². The van der Waals surface area contributed by atoms with Gasteiger partial charge >= 0.3 is 0 Å². The lowest BCUT2D eigenvalue weighted by molar-refractivity contribution is 0.0816. The van der Waals surface area contributed by atoms with Crippen LogP contribution in [0.1, 0.15) is 47.7 Å². The van der Waals surface area contributed by atoms with Crippen molar-refractivity contribution in [3.63, 3.8) is 0 Å². The van der Waals surface area contributed by atoms with E-state index in [0.717, 1.165) is 18.0 Å². The quantitative estimate of drug-likeness (QED) is 0.773. The molecule has 18 heavy (non-hydrogen) atoms. The molecular formula is C15H23NOS. The van der Waals surface area contributed by atoms with Crippen LogP contribution in [0.5, 0.6) is 0 Å². The third kappa shape index (κ3) is 3.21. The number of hydrogen-bond acceptors (Lipinski definition) is 3. The van der Waals surface area contributed by atoms with Gasteiger partial charge in [0.2, 0.25) is 0 Å². The van der Waals surface area contributed by atoms with E-state index in [1.165, 1.54) is 24.1 Å². The Kier molecular flexibility index (Phi) is 4.23. The minimum absolute atomic E-state index is 0.285. The fourth-order valence-electron chi connectivity index (χ4n) is 2.47. The average Bonchev–Trinajstić information content (AvgIpc) is 2.79. The number of carbonyl (C=O) groups is 1. The molecule has 100 valence electrons. The van der Waals surface area contributed by atoms with E-state index < -0.39 is 0 Å². The Morgan fingerprint density at radius 2 is 2.06 bits per heavy atom. The highest BCUT2D eigenvalue weighted by Gasteiger charge is 2.29. The van der Waals surface area contributed by atoms with Crippen molar-refractivity contribution >= 4 is 17.1 Å². The second kappa shape index (κ2) is 5.54. The van der Waals surface area contributed by atoms with Gasteiger partial charge in [0, 0.05) is 4.88 Å². The number of hydrogen-bond donors (Lipinski definition) is 0. The number of likely N-dealkylation sites (tertiary alicyclic amines) is 1. The van der Waals surface area contributed by atoms with Crippen molar-refractivity contribution in [1.82, 2.24) is 4.90 Å². The Balaban J connectivity index is 1.87. The molecule has 0 spiro atoms. The zero-order valence-electron chi connectivity index (χ0n) is 11.7. The Bertz CT molecular complexity index is 416. The molecule has 0 aromatic carbocycles. The maximum Gasteiger partial charge on any atom is 0.186 e. The van der Waals surface area contributed by atoms with E-state index in [-0.39, 0.29) is 5.78 Å². The lowest BCUT2D eigenvalue weighted by Crippen LogP contribution is -2.40. The smallest absolute Gasteiger partial charge is 0.186 e. The van der Waals surface area contributed by atoms with Crippen LogP contribution < -0.4 is 0 Å². The summed E-state index contributed by atoms with van der Waals surface area (Å²) in [6.07, 6.45) is 3.69. The van der Waals surface area contributed by atoms with Gasteiger partial charge < -0.3 is 0 Å². The van der Waals surface area contributed by atoms with Gasteiger partial charge in [0.25, 0.3) is 0 Å². The number of rotatable bonds is 4. The molecule has 1 fully saturated rings. The van der Waals surface area contributed by atoms with Crippen molar-refractivity contribution in [2.45, 2.75) is 40.0 Å². The monoisotopic (exact) mass is 265 g/mol. The summed E-state index contributed by atoms with van der Waals surface area (Å²) in [4.78, 5) is 16.6. The average molecular weight is 265 g/mol. The number of thiophene rings is 1. The number of Topliss-reactive ketones (excluding diaryl/α,β-unsaturated/α-hetero) is 1. The minimum Gasteiger partial charge on any atom is -0.296 e. The molecule has 0 radical (unpaired) electrons. The van der Waals surface area contributed by atoms with E-state index in [1.54, 1.807) is 11.3 Å². The van der Waals surface area contributed by atoms with E-state index in [0.29, 0.717) is 12.0 Å². The van der Waals surface area contributed by atoms with Gasteiger partial charge in [-0.25, -0.2) is 0 Å². The summed E-state index contributed by atoms with van der Waals surface area (Å²) >= 11 is 1.61. The molecule has 2 nitrogen and oxygen atoms in total. The van der Waals surface area contributed by atoms with Crippen molar-refractivity contribution in [2.75, 3.05) is 19.6 Å². The highest BCUT2D eigenvalue weighted by Crippen LogP contribution is 2.33. The molecule has 0 unspecified atom stereocenters.